The summed E-state index contributed by atoms with van der Waals surface area (Å²) in [5.74, 6) is -1.34. The lowest BCUT2D eigenvalue weighted by Crippen LogP contribution is -2.33. The van der Waals surface area contributed by atoms with E-state index in [1.165, 1.54) is 0 Å². The molecule has 0 aromatic carbocycles. The molecule has 1 aliphatic rings. The fraction of sp³-hybridized carbons (Fsp3) is 0.545. The van der Waals surface area contributed by atoms with Crippen LogP contribution in [0.2, 0.25) is 0 Å². The molecule has 92 valence electrons. The second-order valence-corrected chi connectivity index (χ2v) is 4.44. The van der Waals surface area contributed by atoms with Crippen LogP contribution in [-0.4, -0.2) is 32.6 Å². The first-order valence-electron chi connectivity index (χ1n) is 5.58. The largest absolute Gasteiger partial charge is 0.481 e. The lowest BCUT2D eigenvalue weighted by atomic mass is 10.1. The molecule has 0 spiro atoms. The van der Waals surface area contributed by atoms with Crippen molar-refractivity contribution < 1.29 is 14.7 Å². The van der Waals surface area contributed by atoms with Crippen molar-refractivity contribution in [2.24, 2.45) is 13.0 Å². The third kappa shape index (κ3) is 2.64. The van der Waals surface area contributed by atoms with E-state index in [9.17, 15) is 9.59 Å². The number of aromatic nitrogens is 2. The number of carboxylic acid groups (broad SMARTS) is 1. The van der Waals surface area contributed by atoms with E-state index in [-0.39, 0.29) is 17.9 Å². The maximum Gasteiger partial charge on any atom is 0.306 e. The van der Waals surface area contributed by atoms with Gasteiger partial charge in [-0.3, -0.25) is 9.59 Å². The number of hydrogen-bond donors (Lipinski definition) is 2. The molecule has 17 heavy (non-hydrogen) atoms. The Bertz CT molecular complexity index is 441. The molecular weight excluding hydrogens is 222 g/mol. The number of imidazole rings is 1. The predicted octanol–water partition coefficient (Wildman–Crippen LogP) is 0.403. The number of carbonyl (C=O) groups excluding carboxylic acids is 1. The summed E-state index contributed by atoms with van der Waals surface area (Å²) in [6, 6.07) is -0.0504. The van der Waals surface area contributed by atoms with Gasteiger partial charge in [-0.2, -0.15) is 0 Å². The summed E-state index contributed by atoms with van der Waals surface area (Å²) in [7, 11) is 1.79. The van der Waals surface area contributed by atoms with Crippen molar-refractivity contribution in [2.75, 3.05) is 0 Å². The monoisotopic (exact) mass is 237 g/mol. The predicted molar refractivity (Wildman–Crippen MR) is 59.4 cm³/mol. The molecular formula is C11H15N3O3. The van der Waals surface area contributed by atoms with Gasteiger partial charge in [-0.1, -0.05) is 0 Å². The summed E-state index contributed by atoms with van der Waals surface area (Å²) in [5.41, 5.74) is 0.367. The van der Waals surface area contributed by atoms with Gasteiger partial charge in [0.25, 0.3) is 5.91 Å². The second kappa shape index (κ2) is 4.57. The summed E-state index contributed by atoms with van der Waals surface area (Å²) in [4.78, 5) is 26.5. The number of carboxylic acids is 1. The molecule has 0 aliphatic heterocycles. The van der Waals surface area contributed by atoms with Crippen LogP contribution < -0.4 is 5.32 Å². The molecule has 0 bridgehead atoms. The molecule has 2 N–H and O–H groups in total. The molecule has 2 atom stereocenters. The number of aryl methyl sites for hydroxylation is 1. The topological polar surface area (TPSA) is 84.2 Å². The van der Waals surface area contributed by atoms with Gasteiger partial charge in [0.15, 0.2) is 0 Å². The highest BCUT2D eigenvalue weighted by atomic mass is 16.4. The van der Waals surface area contributed by atoms with Crippen LogP contribution in [0.15, 0.2) is 12.5 Å². The number of nitrogens with one attached hydrogen (secondary N) is 1. The van der Waals surface area contributed by atoms with Crippen LogP contribution >= 0.6 is 0 Å². The van der Waals surface area contributed by atoms with Crippen LogP contribution in [0.4, 0.5) is 0 Å². The SMILES string of the molecule is Cn1cnc(C(=O)NC2CCC(C(=O)O)C2)c1. The van der Waals surface area contributed by atoms with Gasteiger partial charge in [-0.25, -0.2) is 4.98 Å². The molecule has 1 aromatic heterocycles. The molecule has 6 heteroatoms. The van der Waals surface area contributed by atoms with Gasteiger partial charge in [0.05, 0.1) is 12.2 Å². The van der Waals surface area contributed by atoms with E-state index in [1.54, 1.807) is 24.1 Å². The standard InChI is InChI=1S/C11H15N3O3/c1-14-5-9(12-6-14)10(15)13-8-3-2-7(4-8)11(16)17/h5-8H,2-4H2,1H3,(H,13,15)(H,16,17). The smallest absolute Gasteiger partial charge is 0.306 e. The van der Waals surface area contributed by atoms with Crippen molar-refractivity contribution in [3.05, 3.63) is 18.2 Å². The molecule has 1 saturated carbocycles. The summed E-state index contributed by atoms with van der Waals surface area (Å²) < 4.78 is 1.70. The second-order valence-electron chi connectivity index (χ2n) is 4.44. The Hall–Kier alpha value is -1.85. The van der Waals surface area contributed by atoms with E-state index in [0.717, 1.165) is 6.42 Å². The fourth-order valence-corrected chi connectivity index (χ4v) is 2.13. The number of hydrogen-bond acceptors (Lipinski definition) is 3. The first-order valence-corrected chi connectivity index (χ1v) is 5.58. The Kier molecular flexibility index (Phi) is 3.12. The third-order valence-electron chi connectivity index (χ3n) is 3.05. The summed E-state index contributed by atoms with van der Waals surface area (Å²) in [6.07, 6.45) is 5.05. The van der Waals surface area contributed by atoms with Crippen LogP contribution in [0.1, 0.15) is 29.8 Å². The quantitative estimate of drug-likeness (QED) is 0.797. The van der Waals surface area contributed by atoms with E-state index in [1.807, 2.05) is 0 Å². The molecule has 1 heterocycles. The lowest BCUT2D eigenvalue weighted by molar-refractivity contribution is -0.141. The molecule has 6 nitrogen and oxygen atoms in total. The Balaban J connectivity index is 1.90. The van der Waals surface area contributed by atoms with Crippen molar-refractivity contribution in [1.82, 2.24) is 14.9 Å². The molecule has 1 aromatic rings. The van der Waals surface area contributed by atoms with E-state index in [2.05, 4.69) is 10.3 Å². The van der Waals surface area contributed by atoms with Gasteiger partial charge in [-0.05, 0) is 19.3 Å². The highest BCUT2D eigenvalue weighted by molar-refractivity contribution is 5.92. The Morgan fingerprint density at radius 1 is 1.53 bits per heavy atom. The normalized spacial score (nSPS) is 23.6. The van der Waals surface area contributed by atoms with Gasteiger partial charge < -0.3 is 15.0 Å². The molecule has 1 amide bonds. The van der Waals surface area contributed by atoms with Crippen LogP contribution in [0.5, 0.6) is 0 Å². The van der Waals surface area contributed by atoms with Crippen LogP contribution in [0.3, 0.4) is 0 Å². The van der Waals surface area contributed by atoms with Crippen LogP contribution in [-0.2, 0) is 11.8 Å². The zero-order valence-corrected chi connectivity index (χ0v) is 9.59. The lowest BCUT2D eigenvalue weighted by Gasteiger charge is -2.10. The molecule has 1 fully saturated rings. The third-order valence-corrected chi connectivity index (χ3v) is 3.05. The summed E-state index contributed by atoms with van der Waals surface area (Å²) in [6.45, 7) is 0. The maximum absolute atomic E-state index is 11.8. The first kappa shape index (κ1) is 11.6. The van der Waals surface area contributed by atoms with Crippen LogP contribution in [0, 0.1) is 5.92 Å². The Morgan fingerprint density at radius 3 is 2.82 bits per heavy atom. The van der Waals surface area contributed by atoms with E-state index < -0.39 is 5.97 Å². The van der Waals surface area contributed by atoms with E-state index >= 15 is 0 Å². The number of amides is 1. The highest BCUT2D eigenvalue weighted by Crippen LogP contribution is 2.25. The molecule has 0 saturated heterocycles. The maximum atomic E-state index is 11.8. The Morgan fingerprint density at radius 2 is 2.29 bits per heavy atom. The minimum Gasteiger partial charge on any atom is -0.481 e. The highest BCUT2D eigenvalue weighted by Gasteiger charge is 2.30. The van der Waals surface area contributed by atoms with Gasteiger partial charge in [0, 0.05) is 19.3 Å². The fourth-order valence-electron chi connectivity index (χ4n) is 2.13. The molecule has 0 radical (unpaired) electrons. The number of aliphatic carboxylic acids is 1. The summed E-state index contributed by atoms with van der Waals surface area (Å²) in [5, 5.41) is 11.7. The number of rotatable bonds is 3. The zero-order chi connectivity index (χ0) is 12.4. The molecule has 1 aliphatic carbocycles. The van der Waals surface area contributed by atoms with Gasteiger partial charge in [-0.15, -0.1) is 0 Å². The number of carbonyl (C=O) groups is 2. The van der Waals surface area contributed by atoms with Gasteiger partial charge >= 0.3 is 5.97 Å². The minimum atomic E-state index is -0.778. The van der Waals surface area contributed by atoms with E-state index in [0.29, 0.717) is 18.5 Å². The average Bonchev–Trinajstić information content (AvgIpc) is 2.86. The van der Waals surface area contributed by atoms with Crippen molar-refractivity contribution >= 4 is 11.9 Å². The average molecular weight is 237 g/mol. The van der Waals surface area contributed by atoms with Crippen LogP contribution in [0.25, 0.3) is 0 Å². The molecule has 2 rings (SSSR count). The van der Waals surface area contributed by atoms with Gasteiger partial charge in [0.1, 0.15) is 5.69 Å². The van der Waals surface area contributed by atoms with Crippen molar-refractivity contribution in [2.45, 2.75) is 25.3 Å². The van der Waals surface area contributed by atoms with Crippen molar-refractivity contribution in [3.63, 3.8) is 0 Å². The van der Waals surface area contributed by atoms with E-state index in [4.69, 9.17) is 5.11 Å². The number of nitrogens with zero attached hydrogens (tertiary/aromatic N) is 2. The minimum absolute atomic E-state index is 0.0504. The van der Waals surface area contributed by atoms with Crippen molar-refractivity contribution in [1.29, 1.82) is 0 Å². The Labute approximate surface area is 98.7 Å². The summed E-state index contributed by atoms with van der Waals surface area (Å²) >= 11 is 0. The zero-order valence-electron chi connectivity index (χ0n) is 9.59. The van der Waals surface area contributed by atoms with Gasteiger partial charge in [0.2, 0.25) is 0 Å². The van der Waals surface area contributed by atoms with Crippen molar-refractivity contribution in [3.8, 4) is 0 Å². The first-order chi connectivity index (χ1) is 8.06. The molecule has 2 unspecified atom stereocenters.